The molecule has 2 aliphatic heterocycles. The highest BCUT2D eigenvalue weighted by atomic mass is 32.2. The largest absolute Gasteiger partial charge is 0.493 e. The number of thioether (sulfide) groups is 1. The Morgan fingerprint density at radius 1 is 1.28 bits per heavy atom. The molecule has 2 aromatic carbocycles. The van der Waals surface area contributed by atoms with Crippen molar-refractivity contribution in [3.05, 3.63) is 70.0 Å². The van der Waals surface area contributed by atoms with Crippen LogP contribution in [0.3, 0.4) is 0 Å². The second-order valence-corrected chi connectivity index (χ2v) is 8.65. The zero-order chi connectivity index (χ0) is 22.9. The summed E-state index contributed by atoms with van der Waals surface area (Å²) in [7, 11) is 1.55. The van der Waals surface area contributed by atoms with E-state index in [1.165, 1.54) is 40.9 Å². The second kappa shape index (κ2) is 8.85. The third-order valence-electron chi connectivity index (χ3n) is 5.67. The molecule has 2 aromatic rings. The van der Waals surface area contributed by atoms with E-state index in [2.05, 4.69) is 6.07 Å². The van der Waals surface area contributed by atoms with Gasteiger partial charge in [-0.1, -0.05) is 25.1 Å². The van der Waals surface area contributed by atoms with Gasteiger partial charge in [0.15, 0.2) is 17.2 Å². The Kier molecular flexibility index (Phi) is 6.13. The molecule has 0 saturated carbocycles. The number of aliphatic hydroxyl groups is 1. The molecule has 8 heteroatoms. The van der Waals surface area contributed by atoms with Gasteiger partial charge in [-0.15, -0.1) is 11.8 Å². The van der Waals surface area contributed by atoms with Gasteiger partial charge in [-0.3, -0.25) is 9.69 Å². The number of fused-ring (bicyclic) bond motifs is 1. The molecule has 0 aromatic heterocycles. The lowest BCUT2D eigenvalue weighted by molar-refractivity contribution is -0.149. The fourth-order valence-electron chi connectivity index (χ4n) is 4.07. The summed E-state index contributed by atoms with van der Waals surface area (Å²) >= 11 is 1.25. The van der Waals surface area contributed by atoms with Gasteiger partial charge in [-0.05, 0) is 36.2 Å². The zero-order valence-corrected chi connectivity index (χ0v) is 18.6. The van der Waals surface area contributed by atoms with Crippen LogP contribution >= 0.6 is 11.8 Å². The molecular weight excluding hydrogens is 431 g/mol. The summed E-state index contributed by atoms with van der Waals surface area (Å²) < 4.78 is 24.6. The molecule has 32 heavy (non-hydrogen) atoms. The van der Waals surface area contributed by atoms with Gasteiger partial charge in [0.2, 0.25) is 5.91 Å². The number of hydrogen-bond acceptors (Lipinski definition) is 6. The van der Waals surface area contributed by atoms with Gasteiger partial charge in [0.05, 0.1) is 36.1 Å². The maximum Gasteiger partial charge on any atom is 0.231 e. The molecule has 4 rings (SSSR count). The van der Waals surface area contributed by atoms with Crippen molar-refractivity contribution in [3.8, 4) is 17.6 Å². The highest BCUT2D eigenvalue weighted by molar-refractivity contribution is 8.03. The monoisotopic (exact) mass is 454 g/mol. The molecule has 0 radical (unpaired) electrons. The molecule has 0 aliphatic carbocycles. The first-order valence-electron chi connectivity index (χ1n) is 10.3. The van der Waals surface area contributed by atoms with E-state index >= 15 is 0 Å². The van der Waals surface area contributed by atoms with Crippen LogP contribution < -0.4 is 9.47 Å². The number of hydrogen-bond donors (Lipinski definition) is 1. The van der Waals surface area contributed by atoms with Crippen molar-refractivity contribution in [3.63, 3.8) is 0 Å². The van der Waals surface area contributed by atoms with Crippen LogP contribution in [-0.4, -0.2) is 35.4 Å². The maximum absolute atomic E-state index is 13.4. The van der Waals surface area contributed by atoms with E-state index in [0.29, 0.717) is 34.3 Å². The Morgan fingerprint density at radius 3 is 2.69 bits per heavy atom. The van der Waals surface area contributed by atoms with Crippen LogP contribution in [0.4, 0.5) is 4.39 Å². The molecule has 2 aliphatic rings. The minimum absolute atomic E-state index is 0.0226. The first-order valence-corrected chi connectivity index (χ1v) is 11.3. The van der Waals surface area contributed by atoms with E-state index in [0.717, 1.165) is 12.0 Å². The lowest BCUT2D eigenvalue weighted by Crippen LogP contribution is -2.48. The molecule has 2 heterocycles. The van der Waals surface area contributed by atoms with Gasteiger partial charge in [0.1, 0.15) is 5.82 Å². The number of carbonyl (C=O) groups is 1. The summed E-state index contributed by atoms with van der Waals surface area (Å²) in [5.41, 5.74) is -0.0463. The number of allylic oxidation sites excluding steroid dienone is 1. The number of rotatable bonds is 6. The average molecular weight is 455 g/mol. The lowest BCUT2D eigenvalue weighted by Gasteiger charge is -2.38. The fraction of sp³-hybridized carbons (Fsp3) is 0.333. The molecule has 1 fully saturated rings. The molecule has 0 unspecified atom stereocenters. The quantitative estimate of drug-likeness (QED) is 0.702. The predicted octanol–water partition coefficient (Wildman–Crippen LogP) is 4.27. The Morgan fingerprint density at radius 2 is 2.03 bits per heavy atom. The van der Waals surface area contributed by atoms with E-state index < -0.39 is 17.5 Å². The molecule has 0 spiro atoms. The second-order valence-electron chi connectivity index (χ2n) is 7.69. The van der Waals surface area contributed by atoms with Crippen LogP contribution in [0.15, 0.2) is 53.1 Å². The number of halogens is 1. The minimum atomic E-state index is -1.63. The Hall–Kier alpha value is -3.02. The standard InChI is InChI=1S/C24H23FN2O4S/c1-3-10-31-20-9-4-15(11-21(20)30-2)18-12-22(28)27-23(19(18)13-26)32-14-24(27,29)16-5-7-17(25)8-6-16/h4-9,11,18,29H,3,10,12,14H2,1-2H3/t18-,24+/m1/s1. The minimum Gasteiger partial charge on any atom is -0.493 e. The van der Waals surface area contributed by atoms with Crippen molar-refractivity contribution < 1.29 is 23.8 Å². The summed E-state index contributed by atoms with van der Waals surface area (Å²) in [5.74, 6) is 0.109. The first-order chi connectivity index (χ1) is 15.4. The van der Waals surface area contributed by atoms with Crippen molar-refractivity contribution in [1.29, 1.82) is 5.26 Å². The van der Waals surface area contributed by atoms with Crippen LogP contribution in [-0.2, 0) is 10.5 Å². The molecular formula is C24H23FN2O4S. The molecule has 166 valence electrons. The average Bonchev–Trinajstić information content (AvgIpc) is 3.17. The van der Waals surface area contributed by atoms with Gasteiger partial charge in [-0.25, -0.2) is 4.39 Å². The molecule has 1 saturated heterocycles. The number of nitrogens with zero attached hydrogens (tertiary/aromatic N) is 2. The highest BCUT2D eigenvalue weighted by Gasteiger charge is 2.51. The normalized spacial score (nSPS) is 22.5. The summed E-state index contributed by atoms with van der Waals surface area (Å²) in [5, 5.41) is 21.8. The number of methoxy groups -OCH3 is 1. The van der Waals surface area contributed by atoms with Crippen LogP contribution in [0.25, 0.3) is 0 Å². The fourth-order valence-corrected chi connectivity index (χ4v) is 5.43. The van der Waals surface area contributed by atoms with Crippen LogP contribution in [0, 0.1) is 17.1 Å². The lowest BCUT2D eigenvalue weighted by atomic mass is 9.85. The van der Waals surface area contributed by atoms with E-state index in [1.54, 1.807) is 19.2 Å². The molecule has 2 atom stereocenters. The summed E-state index contributed by atoms with van der Waals surface area (Å²) in [6.07, 6.45) is 0.880. The smallest absolute Gasteiger partial charge is 0.231 e. The third-order valence-corrected chi connectivity index (χ3v) is 6.89. The molecule has 0 bridgehead atoms. The van der Waals surface area contributed by atoms with Gasteiger partial charge in [-0.2, -0.15) is 5.26 Å². The third kappa shape index (κ3) is 3.72. The van der Waals surface area contributed by atoms with Crippen molar-refractivity contribution in [2.24, 2.45) is 0 Å². The van der Waals surface area contributed by atoms with Crippen LogP contribution in [0.1, 0.15) is 36.8 Å². The van der Waals surface area contributed by atoms with Gasteiger partial charge in [0.25, 0.3) is 0 Å². The topological polar surface area (TPSA) is 82.8 Å². The van der Waals surface area contributed by atoms with E-state index in [4.69, 9.17) is 9.47 Å². The highest BCUT2D eigenvalue weighted by Crippen LogP contribution is 2.52. The van der Waals surface area contributed by atoms with Crippen molar-refractivity contribution in [2.45, 2.75) is 31.4 Å². The van der Waals surface area contributed by atoms with Crippen LogP contribution in [0.2, 0.25) is 0 Å². The van der Waals surface area contributed by atoms with E-state index in [1.807, 2.05) is 13.0 Å². The maximum atomic E-state index is 13.4. The predicted molar refractivity (Wildman–Crippen MR) is 118 cm³/mol. The number of ether oxygens (including phenoxy) is 2. The van der Waals surface area contributed by atoms with Crippen molar-refractivity contribution in [1.82, 2.24) is 4.90 Å². The number of benzene rings is 2. The first kappa shape index (κ1) is 22.2. The summed E-state index contributed by atoms with van der Waals surface area (Å²) in [6, 6.07) is 13.1. The van der Waals surface area contributed by atoms with Gasteiger partial charge >= 0.3 is 0 Å². The van der Waals surface area contributed by atoms with E-state index in [9.17, 15) is 19.6 Å². The van der Waals surface area contributed by atoms with Gasteiger partial charge in [0, 0.05) is 17.9 Å². The number of nitriles is 1. The Bertz CT molecular complexity index is 1110. The van der Waals surface area contributed by atoms with Crippen molar-refractivity contribution >= 4 is 17.7 Å². The molecule has 1 amide bonds. The number of carbonyl (C=O) groups excluding carboxylic acids is 1. The Balaban J connectivity index is 1.73. The van der Waals surface area contributed by atoms with E-state index in [-0.39, 0.29) is 18.1 Å². The van der Waals surface area contributed by atoms with Crippen LogP contribution in [0.5, 0.6) is 11.5 Å². The van der Waals surface area contributed by atoms with Crippen molar-refractivity contribution in [2.75, 3.05) is 19.5 Å². The summed E-state index contributed by atoms with van der Waals surface area (Å²) in [4.78, 5) is 14.5. The molecule has 1 N–H and O–H groups in total. The SMILES string of the molecule is CCCOc1ccc([C@H]2CC(=O)N3C(=C2C#N)SC[C@]3(O)c2ccc(F)cc2)cc1OC. The Labute approximate surface area is 190 Å². The summed E-state index contributed by atoms with van der Waals surface area (Å²) in [6.45, 7) is 2.57. The van der Waals surface area contributed by atoms with Gasteiger partial charge < -0.3 is 14.6 Å². The molecule has 6 nitrogen and oxygen atoms in total. The number of amides is 1. The zero-order valence-electron chi connectivity index (χ0n) is 17.8.